The van der Waals surface area contributed by atoms with Gasteiger partial charge in [0.25, 0.3) is 0 Å². The fraction of sp³-hybridized carbons (Fsp3) is 0.667. The second-order valence-corrected chi connectivity index (χ2v) is 4.39. The Balaban J connectivity index is 2.05. The van der Waals surface area contributed by atoms with Gasteiger partial charge in [0, 0.05) is 18.2 Å². The Bertz CT molecular complexity index is 347. The minimum absolute atomic E-state index is 0.618. The van der Waals surface area contributed by atoms with Crippen LogP contribution in [0.25, 0.3) is 0 Å². The molecule has 4 heteroatoms. The van der Waals surface area contributed by atoms with Crippen molar-refractivity contribution in [2.24, 2.45) is 0 Å². The van der Waals surface area contributed by atoms with E-state index in [1.807, 2.05) is 0 Å². The van der Waals surface area contributed by atoms with Crippen LogP contribution in [0.2, 0.25) is 0 Å². The summed E-state index contributed by atoms with van der Waals surface area (Å²) in [5.74, 6) is 1.94. The molecule has 0 spiro atoms. The molecule has 4 nitrogen and oxygen atoms in total. The van der Waals surface area contributed by atoms with E-state index in [4.69, 9.17) is 0 Å². The molecule has 1 aromatic heterocycles. The highest BCUT2D eigenvalue weighted by atomic mass is 15.1. The van der Waals surface area contributed by atoms with E-state index >= 15 is 0 Å². The van der Waals surface area contributed by atoms with Gasteiger partial charge in [-0.25, -0.2) is 9.97 Å². The van der Waals surface area contributed by atoms with Crippen molar-refractivity contribution in [2.75, 3.05) is 17.2 Å². The SMILES string of the molecule is CCCNc1ncnc(NC2CCC2)c1C. The van der Waals surface area contributed by atoms with E-state index < -0.39 is 0 Å². The van der Waals surface area contributed by atoms with Crippen molar-refractivity contribution in [3.63, 3.8) is 0 Å². The standard InChI is InChI=1S/C12H20N4/c1-3-7-13-11-9(2)12(15-8-14-11)16-10-5-4-6-10/h8,10H,3-7H2,1-2H3,(H2,13,14,15,16). The van der Waals surface area contributed by atoms with Crippen LogP contribution in [0.15, 0.2) is 6.33 Å². The zero-order valence-corrected chi connectivity index (χ0v) is 10.1. The number of nitrogens with one attached hydrogen (secondary N) is 2. The first-order chi connectivity index (χ1) is 7.81. The van der Waals surface area contributed by atoms with E-state index in [2.05, 4.69) is 34.4 Å². The lowest BCUT2D eigenvalue weighted by molar-refractivity contribution is 0.444. The van der Waals surface area contributed by atoms with Crippen molar-refractivity contribution < 1.29 is 0 Å². The highest BCUT2D eigenvalue weighted by Gasteiger charge is 2.18. The minimum Gasteiger partial charge on any atom is -0.370 e. The maximum absolute atomic E-state index is 4.31. The first-order valence-electron chi connectivity index (χ1n) is 6.13. The Kier molecular flexibility index (Phi) is 3.59. The van der Waals surface area contributed by atoms with Crippen LogP contribution in [0, 0.1) is 6.92 Å². The van der Waals surface area contributed by atoms with Gasteiger partial charge in [-0.3, -0.25) is 0 Å². The van der Waals surface area contributed by atoms with Crippen molar-refractivity contribution >= 4 is 11.6 Å². The third-order valence-electron chi connectivity index (χ3n) is 3.07. The monoisotopic (exact) mass is 220 g/mol. The lowest BCUT2D eigenvalue weighted by Gasteiger charge is -2.27. The summed E-state index contributed by atoms with van der Waals surface area (Å²) in [5.41, 5.74) is 1.13. The van der Waals surface area contributed by atoms with Gasteiger partial charge in [0.1, 0.15) is 18.0 Å². The summed E-state index contributed by atoms with van der Waals surface area (Å²) in [6, 6.07) is 0.618. The molecule has 0 bridgehead atoms. The number of anilines is 2. The molecule has 1 heterocycles. The molecular weight excluding hydrogens is 200 g/mol. The lowest BCUT2D eigenvalue weighted by atomic mass is 9.93. The van der Waals surface area contributed by atoms with Crippen molar-refractivity contribution in [1.82, 2.24) is 9.97 Å². The maximum atomic E-state index is 4.31. The fourth-order valence-electron chi connectivity index (χ4n) is 1.76. The number of nitrogens with zero attached hydrogens (tertiary/aromatic N) is 2. The molecule has 2 rings (SSSR count). The first-order valence-corrected chi connectivity index (χ1v) is 6.13. The van der Waals surface area contributed by atoms with Crippen LogP contribution in [0.4, 0.5) is 11.6 Å². The zero-order chi connectivity index (χ0) is 11.4. The van der Waals surface area contributed by atoms with Gasteiger partial charge in [-0.15, -0.1) is 0 Å². The van der Waals surface area contributed by atoms with Gasteiger partial charge >= 0.3 is 0 Å². The average Bonchev–Trinajstić information content (AvgIpc) is 2.23. The lowest BCUT2D eigenvalue weighted by Crippen LogP contribution is -2.28. The zero-order valence-electron chi connectivity index (χ0n) is 10.1. The topological polar surface area (TPSA) is 49.8 Å². The smallest absolute Gasteiger partial charge is 0.134 e. The Hall–Kier alpha value is -1.32. The predicted octanol–water partition coefficient (Wildman–Crippen LogP) is 2.57. The van der Waals surface area contributed by atoms with Crippen LogP contribution in [0.1, 0.15) is 38.2 Å². The largest absolute Gasteiger partial charge is 0.370 e. The number of hydrogen-bond donors (Lipinski definition) is 2. The van der Waals surface area contributed by atoms with Gasteiger partial charge in [0.2, 0.25) is 0 Å². The van der Waals surface area contributed by atoms with Crippen molar-refractivity contribution in [3.8, 4) is 0 Å². The molecular formula is C12H20N4. The Labute approximate surface area is 96.9 Å². The molecule has 88 valence electrons. The van der Waals surface area contributed by atoms with Crippen LogP contribution in [-0.4, -0.2) is 22.6 Å². The Morgan fingerprint density at radius 2 is 2.06 bits per heavy atom. The van der Waals surface area contributed by atoms with Crippen molar-refractivity contribution in [3.05, 3.63) is 11.9 Å². The molecule has 0 aliphatic heterocycles. The molecule has 16 heavy (non-hydrogen) atoms. The summed E-state index contributed by atoms with van der Waals surface area (Å²) in [6.07, 6.45) is 6.60. The van der Waals surface area contributed by atoms with Crippen LogP contribution in [0.3, 0.4) is 0 Å². The Morgan fingerprint density at radius 3 is 2.69 bits per heavy atom. The number of rotatable bonds is 5. The number of aromatic nitrogens is 2. The van der Waals surface area contributed by atoms with E-state index in [0.29, 0.717) is 6.04 Å². The fourth-order valence-corrected chi connectivity index (χ4v) is 1.76. The second-order valence-electron chi connectivity index (χ2n) is 4.39. The minimum atomic E-state index is 0.618. The molecule has 1 saturated carbocycles. The van der Waals surface area contributed by atoms with E-state index in [-0.39, 0.29) is 0 Å². The van der Waals surface area contributed by atoms with Crippen LogP contribution < -0.4 is 10.6 Å². The highest BCUT2D eigenvalue weighted by Crippen LogP contribution is 2.25. The van der Waals surface area contributed by atoms with Gasteiger partial charge in [0.15, 0.2) is 0 Å². The number of hydrogen-bond acceptors (Lipinski definition) is 4. The van der Waals surface area contributed by atoms with Crippen LogP contribution >= 0.6 is 0 Å². The normalized spacial score (nSPS) is 15.6. The molecule has 1 fully saturated rings. The molecule has 0 radical (unpaired) electrons. The maximum Gasteiger partial charge on any atom is 0.134 e. The van der Waals surface area contributed by atoms with E-state index in [9.17, 15) is 0 Å². The van der Waals surface area contributed by atoms with Crippen molar-refractivity contribution in [1.29, 1.82) is 0 Å². The van der Waals surface area contributed by atoms with Gasteiger partial charge in [-0.2, -0.15) is 0 Å². The van der Waals surface area contributed by atoms with Gasteiger partial charge in [0.05, 0.1) is 0 Å². The van der Waals surface area contributed by atoms with Gasteiger partial charge in [-0.05, 0) is 32.6 Å². The van der Waals surface area contributed by atoms with E-state index in [1.165, 1.54) is 19.3 Å². The van der Waals surface area contributed by atoms with Crippen LogP contribution in [0.5, 0.6) is 0 Å². The van der Waals surface area contributed by atoms with E-state index in [1.54, 1.807) is 6.33 Å². The molecule has 1 aliphatic rings. The summed E-state index contributed by atoms with van der Waals surface area (Å²) < 4.78 is 0. The van der Waals surface area contributed by atoms with Crippen LogP contribution in [-0.2, 0) is 0 Å². The average molecular weight is 220 g/mol. The molecule has 0 saturated heterocycles. The van der Waals surface area contributed by atoms with E-state index in [0.717, 1.165) is 30.2 Å². The van der Waals surface area contributed by atoms with Crippen molar-refractivity contribution in [2.45, 2.75) is 45.6 Å². The molecule has 1 aromatic rings. The summed E-state index contributed by atoms with van der Waals surface area (Å²) in [6.45, 7) is 5.18. The molecule has 0 amide bonds. The highest BCUT2D eigenvalue weighted by molar-refractivity contribution is 5.56. The summed E-state index contributed by atoms with van der Waals surface area (Å²) in [4.78, 5) is 8.57. The molecule has 2 N–H and O–H groups in total. The van der Waals surface area contributed by atoms with Gasteiger partial charge in [-0.1, -0.05) is 6.92 Å². The quantitative estimate of drug-likeness (QED) is 0.800. The predicted molar refractivity (Wildman–Crippen MR) is 66.8 cm³/mol. The first kappa shape index (κ1) is 11.2. The Morgan fingerprint density at radius 1 is 1.31 bits per heavy atom. The third-order valence-corrected chi connectivity index (χ3v) is 3.07. The summed E-state index contributed by atoms with van der Waals surface area (Å²) in [7, 11) is 0. The van der Waals surface area contributed by atoms with Gasteiger partial charge < -0.3 is 10.6 Å². The molecule has 0 aromatic carbocycles. The summed E-state index contributed by atoms with van der Waals surface area (Å²) >= 11 is 0. The second kappa shape index (κ2) is 5.14. The molecule has 0 unspecified atom stereocenters. The molecule has 0 atom stereocenters. The summed E-state index contributed by atoms with van der Waals surface area (Å²) in [5, 5.41) is 6.79. The third kappa shape index (κ3) is 2.43. The molecule has 1 aliphatic carbocycles.